The van der Waals surface area contributed by atoms with Crippen LogP contribution in [-0.4, -0.2) is 66.3 Å². The van der Waals surface area contributed by atoms with Crippen molar-refractivity contribution in [2.75, 3.05) is 32.8 Å². The quantitative estimate of drug-likeness (QED) is 0.791. The topological polar surface area (TPSA) is 44.8 Å². The smallest absolute Gasteiger partial charge is 0.320 e. The van der Waals surface area contributed by atoms with E-state index >= 15 is 0 Å². The lowest BCUT2D eigenvalue weighted by molar-refractivity contribution is 0.121. The number of rotatable bonds is 5. The molecule has 5 heteroatoms. The Labute approximate surface area is 134 Å². The van der Waals surface area contributed by atoms with Gasteiger partial charge < -0.3 is 19.9 Å². The molecule has 126 valence electrons. The molecule has 2 heterocycles. The summed E-state index contributed by atoms with van der Waals surface area (Å²) >= 11 is 0. The molecule has 1 spiro atoms. The molecule has 2 aliphatic heterocycles. The Morgan fingerprint density at radius 3 is 2.91 bits per heavy atom. The monoisotopic (exact) mass is 309 g/mol. The Morgan fingerprint density at radius 1 is 1.41 bits per heavy atom. The minimum Gasteiger partial charge on any atom is -0.380 e. The zero-order valence-corrected chi connectivity index (χ0v) is 14.3. The highest BCUT2D eigenvalue weighted by atomic mass is 16.5. The van der Waals surface area contributed by atoms with Crippen LogP contribution in [0.1, 0.15) is 46.5 Å². The van der Waals surface area contributed by atoms with Gasteiger partial charge in [0.1, 0.15) is 0 Å². The highest BCUT2D eigenvalue weighted by Crippen LogP contribution is 2.47. The minimum absolute atomic E-state index is 0.0458. The van der Waals surface area contributed by atoms with Crippen LogP contribution in [0.2, 0.25) is 0 Å². The fourth-order valence-corrected chi connectivity index (χ4v) is 4.93. The van der Waals surface area contributed by atoms with E-state index in [1.165, 1.54) is 19.3 Å². The van der Waals surface area contributed by atoms with Gasteiger partial charge in [-0.15, -0.1) is 0 Å². The third-order valence-corrected chi connectivity index (χ3v) is 5.67. The van der Waals surface area contributed by atoms with Crippen molar-refractivity contribution in [3.8, 4) is 0 Å². The summed E-state index contributed by atoms with van der Waals surface area (Å²) in [5, 5.41) is 3.69. The van der Waals surface area contributed by atoms with Crippen molar-refractivity contribution in [1.82, 2.24) is 15.1 Å². The Bertz CT molecular complexity index is 399. The molecule has 3 atom stereocenters. The molecule has 22 heavy (non-hydrogen) atoms. The molecular formula is C17H31N3O2. The average molecular weight is 309 g/mol. The summed E-state index contributed by atoms with van der Waals surface area (Å²) in [6, 6.07) is 1.09. The van der Waals surface area contributed by atoms with Gasteiger partial charge in [-0.25, -0.2) is 4.79 Å². The van der Waals surface area contributed by atoms with Gasteiger partial charge in [-0.3, -0.25) is 0 Å². The van der Waals surface area contributed by atoms with Crippen LogP contribution in [0.5, 0.6) is 0 Å². The number of fused-ring (bicyclic) bond motifs is 1. The molecule has 3 rings (SSSR count). The third kappa shape index (κ3) is 2.73. The van der Waals surface area contributed by atoms with Crippen molar-refractivity contribution in [3.05, 3.63) is 0 Å². The molecule has 2 amide bonds. The number of hydrogen-bond acceptors (Lipinski definition) is 3. The molecule has 1 N–H and O–H groups in total. The highest BCUT2D eigenvalue weighted by molar-refractivity contribution is 5.78. The van der Waals surface area contributed by atoms with E-state index in [-0.39, 0.29) is 17.6 Å². The second kappa shape index (κ2) is 6.36. The van der Waals surface area contributed by atoms with Gasteiger partial charge in [-0.2, -0.15) is 0 Å². The van der Waals surface area contributed by atoms with Gasteiger partial charge in [0.05, 0.1) is 12.1 Å². The number of nitrogens with zero attached hydrogens (tertiary/aromatic N) is 2. The second-order valence-electron chi connectivity index (χ2n) is 7.46. The van der Waals surface area contributed by atoms with Gasteiger partial charge in [0.15, 0.2) is 0 Å². The van der Waals surface area contributed by atoms with Gasteiger partial charge in [0.25, 0.3) is 0 Å². The van der Waals surface area contributed by atoms with Crippen molar-refractivity contribution in [1.29, 1.82) is 0 Å². The molecule has 3 fully saturated rings. The van der Waals surface area contributed by atoms with Gasteiger partial charge in [-0.05, 0) is 58.9 Å². The van der Waals surface area contributed by atoms with E-state index in [2.05, 4.69) is 24.1 Å². The maximum Gasteiger partial charge on any atom is 0.320 e. The lowest BCUT2D eigenvalue weighted by Gasteiger charge is -2.36. The number of hydrogen-bond donors (Lipinski definition) is 1. The highest BCUT2D eigenvalue weighted by Gasteiger charge is 2.57. The number of piperidine rings is 1. The molecular weight excluding hydrogens is 278 g/mol. The van der Waals surface area contributed by atoms with E-state index in [9.17, 15) is 4.79 Å². The Kier molecular flexibility index (Phi) is 4.64. The Balaban J connectivity index is 1.75. The average Bonchev–Trinajstić information content (AvgIpc) is 2.96. The van der Waals surface area contributed by atoms with Crippen LogP contribution >= 0.6 is 0 Å². The third-order valence-electron chi connectivity index (χ3n) is 5.67. The van der Waals surface area contributed by atoms with Crippen molar-refractivity contribution >= 4 is 6.03 Å². The first-order valence-electron chi connectivity index (χ1n) is 8.97. The summed E-state index contributed by atoms with van der Waals surface area (Å²) in [5.41, 5.74) is 0.0458. The van der Waals surface area contributed by atoms with E-state index in [1.54, 1.807) is 0 Å². The first-order valence-corrected chi connectivity index (χ1v) is 8.97. The van der Waals surface area contributed by atoms with Crippen molar-refractivity contribution in [3.63, 3.8) is 0 Å². The molecule has 1 saturated carbocycles. The summed E-state index contributed by atoms with van der Waals surface area (Å²) in [6.07, 6.45) is 4.88. The molecule has 0 radical (unpaired) electrons. The summed E-state index contributed by atoms with van der Waals surface area (Å²) in [7, 11) is 0. The maximum atomic E-state index is 12.9. The van der Waals surface area contributed by atoms with E-state index in [1.807, 2.05) is 11.8 Å². The number of carbonyl (C=O) groups is 1. The molecule has 0 bridgehead atoms. The summed E-state index contributed by atoms with van der Waals surface area (Å²) in [4.78, 5) is 17.1. The van der Waals surface area contributed by atoms with Crippen molar-refractivity contribution in [2.24, 2.45) is 5.92 Å². The largest absolute Gasteiger partial charge is 0.380 e. The SMILES string of the molecule is CCOCCN1CC2(CC3CCCNC3C2)N(C(C)C)C1=O. The van der Waals surface area contributed by atoms with Crippen LogP contribution in [0.3, 0.4) is 0 Å². The van der Waals surface area contributed by atoms with Gasteiger partial charge in [0.2, 0.25) is 0 Å². The van der Waals surface area contributed by atoms with E-state index in [0.717, 1.165) is 38.6 Å². The summed E-state index contributed by atoms with van der Waals surface area (Å²) in [5.74, 6) is 0.745. The van der Waals surface area contributed by atoms with E-state index in [4.69, 9.17) is 4.74 Å². The molecule has 5 nitrogen and oxygen atoms in total. The van der Waals surface area contributed by atoms with Crippen molar-refractivity contribution in [2.45, 2.75) is 64.1 Å². The second-order valence-corrected chi connectivity index (χ2v) is 7.46. The predicted molar refractivity (Wildman–Crippen MR) is 86.9 cm³/mol. The van der Waals surface area contributed by atoms with Gasteiger partial charge in [-0.1, -0.05) is 0 Å². The first kappa shape index (κ1) is 16.1. The molecule has 1 aliphatic carbocycles. The molecule has 0 aromatic heterocycles. The standard InChI is InChI=1S/C17H31N3O2/c1-4-22-9-8-19-12-17(20(13(2)3)16(19)21)10-14-6-5-7-18-15(14)11-17/h13-15,18H,4-12H2,1-3H3. The lowest BCUT2D eigenvalue weighted by atomic mass is 9.91. The Morgan fingerprint density at radius 2 is 2.23 bits per heavy atom. The van der Waals surface area contributed by atoms with Crippen LogP contribution in [0.4, 0.5) is 4.79 Å². The molecule has 3 unspecified atom stereocenters. The molecule has 3 aliphatic rings. The van der Waals surface area contributed by atoms with Crippen LogP contribution in [-0.2, 0) is 4.74 Å². The number of ether oxygens (including phenoxy) is 1. The summed E-state index contributed by atoms with van der Waals surface area (Å²) in [6.45, 7) is 10.4. The maximum absolute atomic E-state index is 12.9. The van der Waals surface area contributed by atoms with Gasteiger partial charge in [0, 0.05) is 31.8 Å². The number of carbonyl (C=O) groups excluding carboxylic acids is 1. The predicted octanol–water partition coefficient (Wildman–Crippen LogP) is 2.07. The summed E-state index contributed by atoms with van der Waals surface area (Å²) < 4.78 is 5.46. The number of nitrogens with one attached hydrogen (secondary N) is 1. The zero-order valence-electron chi connectivity index (χ0n) is 14.3. The van der Waals surface area contributed by atoms with Crippen LogP contribution in [0.15, 0.2) is 0 Å². The van der Waals surface area contributed by atoms with Crippen LogP contribution < -0.4 is 5.32 Å². The molecule has 2 saturated heterocycles. The van der Waals surface area contributed by atoms with E-state index in [0.29, 0.717) is 12.6 Å². The number of urea groups is 1. The number of amides is 2. The zero-order chi connectivity index (χ0) is 15.7. The molecule has 0 aromatic carbocycles. The van der Waals surface area contributed by atoms with E-state index < -0.39 is 0 Å². The Hall–Kier alpha value is -0.810. The van der Waals surface area contributed by atoms with Gasteiger partial charge >= 0.3 is 6.03 Å². The van der Waals surface area contributed by atoms with Crippen LogP contribution in [0, 0.1) is 5.92 Å². The molecule has 0 aromatic rings. The normalized spacial score (nSPS) is 35.0. The lowest BCUT2D eigenvalue weighted by Crippen LogP contribution is -2.49. The first-order chi connectivity index (χ1) is 10.6. The van der Waals surface area contributed by atoms with Crippen molar-refractivity contribution < 1.29 is 9.53 Å². The van der Waals surface area contributed by atoms with Crippen LogP contribution in [0.25, 0.3) is 0 Å². The minimum atomic E-state index is 0.0458. The fourth-order valence-electron chi connectivity index (χ4n) is 4.93. The fraction of sp³-hybridized carbons (Fsp3) is 0.941.